The number of nitrogens with one attached hydrogen (secondary N) is 1. The number of H-pyrrole nitrogens is 1. The summed E-state index contributed by atoms with van der Waals surface area (Å²) in [5.74, 6) is 1.07. The third-order valence-corrected chi connectivity index (χ3v) is 4.16. The maximum atomic E-state index is 9.02. The van der Waals surface area contributed by atoms with Crippen LogP contribution in [0.1, 0.15) is 5.56 Å². The number of fused-ring (bicyclic) bond motifs is 1. The summed E-state index contributed by atoms with van der Waals surface area (Å²) in [4.78, 5) is 0. The van der Waals surface area contributed by atoms with E-state index in [4.69, 9.17) is 15.7 Å². The fourth-order valence-corrected chi connectivity index (χ4v) is 2.90. The van der Waals surface area contributed by atoms with Crippen molar-refractivity contribution in [2.75, 3.05) is 12.8 Å². The molecule has 0 amide bonds. The van der Waals surface area contributed by atoms with Gasteiger partial charge in [0.1, 0.15) is 11.4 Å². The lowest BCUT2D eigenvalue weighted by Gasteiger charge is -2.11. The van der Waals surface area contributed by atoms with Gasteiger partial charge in [-0.2, -0.15) is 10.4 Å². The lowest BCUT2D eigenvalue weighted by molar-refractivity contribution is 0.415. The summed E-state index contributed by atoms with van der Waals surface area (Å²) < 4.78 is 5.35. The Bertz CT molecular complexity index is 1140. The molecule has 7 nitrogen and oxygen atoms in total. The van der Waals surface area contributed by atoms with Gasteiger partial charge in [0.15, 0.2) is 11.5 Å². The Balaban J connectivity index is 2.03. The van der Waals surface area contributed by atoms with Crippen LogP contribution in [0.4, 0.5) is 5.82 Å². The number of nitrogens with zero attached hydrogens (tertiary/aromatic N) is 4. The molecule has 7 heteroatoms. The Hall–Kier alpha value is -3.92. The zero-order chi connectivity index (χ0) is 18.1. The van der Waals surface area contributed by atoms with Gasteiger partial charge in [0.25, 0.3) is 0 Å². The van der Waals surface area contributed by atoms with E-state index in [0.29, 0.717) is 28.1 Å². The van der Waals surface area contributed by atoms with Crippen LogP contribution >= 0.6 is 0 Å². The minimum Gasteiger partial charge on any atom is -0.497 e. The van der Waals surface area contributed by atoms with Crippen molar-refractivity contribution in [3.8, 4) is 34.2 Å². The number of hydrogen-bond acceptors (Lipinski definition) is 6. The molecule has 2 aromatic heterocycles. The van der Waals surface area contributed by atoms with Crippen LogP contribution in [-0.2, 0) is 0 Å². The number of hydrogen-bond donors (Lipinski definition) is 2. The highest BCUT2D eigenvalue weighted by Crippen LogP contribution is 2.38. The molecule has 2 aromatic carbocycles. The molecular weight excluding hydrogens is 328 g/mol. The van der Waals surface area contributed by atoms with Crippen LogP contribution in [0.5, 0.6) is 5.75 Å². The average Bonchev–Trinajstić information content (AvgIpc) is 3.08. The number of nitrogens with two attached hydrogens (primary N) is 1. The Morgan fingerprint density at radius 2 is 1.88 bits per heavy atom. The molecule has 0 bridgehead atoms. The smallest absolute Gasteiger partial charge is 0.180 e. The first kappa shape index (κ1) is 15.6. The number of methoxy groups -OCH3 is 1. The van der Waals surface area contributed by atoms with Crippen LogP contribution in [0.2, 0.25) is 0 Å². The van der Waals surface area contributed by atoms with Gasteiger partial charge in [-0.3, -0.25) is 5.10 Å². The molecule has 0 spiro atoms. The monoisotopic (exact) mass is 342 g/mol. The van der Waals surface area contributed by atoms with Gasteiger partial charge >= 0.3 is 0 Å². The molecule has 4 aromatic rings. The molecular formula is C19H14N6O. The summed E-state index contributed by atoms with van der Waals surface area (Å²) >= 11 is 0. The molecule has 0 atom stereocenters. The van der Waals surface area contributed by atoms with E-state index in [1.165, 1.54) is 0 Å². The van der Waals surface area contributed by atoms with Crippen molar-refractivity contribution < 1.29 is 4.74 Å². The maximum Gasteiger partial charge on any atom is 0.180 e. The number of rotatable bonds is 3. The van der Waals surface area contributed by atoms with E-state index in [1.54, 1.807) is 19.2 Å². The molecule has 26 heavy (non-hydrogen) atoms. The van der Waals surface area contributed by atoms with Crippen LogP contribution < -0.4 is 10.5 Å². The second kappa shape index (κ2) is 6.18. The van der Waals surface area contributed by atoms with E-state index in [9.17, 15) is 0 Å². The van der Waals surface area contributed by atoms with Gasteiger partial charge in [0.2, 0.25) is 0 Å². The first-order valence-corrected chi connectivity index (χ1v) is 7.86. The van der Waals surface area contributed by atoms with E-state index in [1.807, 2.05) is 36.4 Å². The van der Waals surface area contributed by atoms with Crippen LogP contribution in [0, 0.1) is 11.3 Å². The predicted molar refractivity (Wildman–Crippen MR) is 98.2 cm³/mol. The Kier molecular flexibility index (Phi) is 3.71. The zero-order valence-corrected chi connectivity index (χ0v) is 13.9. The summed E-state index contributed by atoms with van der Waals surface area (Å²) in [7, 11) is 1.62. The van der Waals surface area contributed by atoms with Crippen molar-refractivity contribution in [3.05, 3.63) is 54.1 Å². The van der Waals surface area contributed by atoms with Gasteiger partial charge < -0.3 is 10.5 Å². The normalized spacial score (nSPS) is 10.6. The topological polar surface area (TPSA) is 114 Å². The molecule has 0 aliphatic rings. The third kappa shape index (κ3) is 2.50. The molecule has 0 fully saturated rings. The van der Waals surface area contributed by atoms with Crippen molar-refractivity contribution in [2.45, 2.75) is 0 Å². The van der Waals surface area contributed by atoms with Crippen molar-refractivity contribution >= 4 is 16.9 Å². The quantitative estimate of drug-likeness (QED) is 0.591. The molecule has 2 heterocycles. The van der Waals surface area contributed by atoms with Crippen LogP contribution in [0.3, 0.4) is 0 Å². The summed E-state index contributed by atoms with van der Waals surface area (Å²) in [6.45, 7) is 0. The third-order valence-electron chi connectivity index (χ3n) is 4.16. The summed E-state index contributed by atoms with van der Waals surface area (Å²) in [5, 5.41) is 25.2. The second-order valence-electron chi connectivity index (χ2n) is 5.68. The number of benzene rings is 2. The minimum atomic E-state index is 0.350. The van der Waals surface area contributed by atoms with Gasteiger partial charge in [-0.15, -0.1) is 10.2 Å². The number of nitriles is 1. The lowest BCUT2D eigenvalue weighted by Crippen LogP contribution is -1.96. The van der Waals surface area contributed by atoms with Crippen LogP contribution in [0.15, 0.2) is 48.5 Å². The maximum absolute atomic E-state index is 9.02. The van der Waals surface area contributed by atoms with E-state index in [-0.39, 0.29) is 0 Å². The van der Waals surface area contributed by atoms with Crippen molar-refractivity contribution in [1.29, 1.82) is 5.26 Å². The summed E-state index contributed by atoms with van der Waals surface area (Å²) in [5.41, 5.74) is 10.4. The number of aromatic nitrogens is 4. The highest BCUT2D eigenvalue weighted by molar-refractivity contribution is 6.04. The Labute approximate surface area is 149 Å². The standard InChI is InChI=1S/C19H14N6O/c1-26-14-4-2-3-13(9-14)15-16-18(21)23-25-19(16)24-22-17(15)12-7-5-11(10-20)6-8-12/h2-9H,1H3,(H3,21,23,24,25). The number of ether oxygens (including phenoxy) is 1. The van der Waals surface area contributed by atoms with E-state index in [0.717, 1.165) is 22.4 Å². The molecule has 0 aliphatic carbocycles. The SMILES string of the molecule is COc1cccc(-c2c(-c3ccc(C#N)cc3)nnc3[nH]nc(N)c23)c1. The van der Waals surface area contributed by atoms with E-state index >= 15 is 0 Å². The Morgan fingerprint density at radius 3 is 2.62 bits per heavy atom. The molecule has 126 valence electrons. The largest absolute Gasteiger partial charge is 0.497 e. The molecule has 0 saturated heterocycles. The second-order valence-corrected chi connectivity index (χ2v) is 5.68. The zero-order valence-electron chi connectivity index (χ0n) is 13.9. The number of nitrogen functional groups attached to an aromatic ring is 1. The average molecular weight is 342 g/mol. The van der Waals surface area contributed by atoms with Crippen LogP contribution in [0.25, 0.3) is 33.4 Å². The summed E-state index contributed by atoms with van der Waals surface area (Å²) in [6.07, 6.45) is 0. The first-order valence-electron chi connectivity index (χ1n) is 7.86. The number of anilines is 1. The molecule has 0 radical (unpaired) electrons. The Morgan fingerprint density at radius 1 is 1.08 bits per heavy atom. The predicted octanol–water partition coefficient (Wildman–Crippen LogP) is 3.15. The molecule has 3 N–H and O–H groups in total. The lowest BCUT2D eigenvalue weighted by atomic mass is 9.96. The molecule has 0 aliphatic heterocycles. The molecule has 0 unspecified atom stereocenters. The fourth-order valence-electron chi connectivity index (χ4n) is 2.90. The van der Waals surface area contributed by atoms with Gasteiger partial charge in [-0.05, 0) is 29.8 Å². The van der Waals surface area contributed by atoms with E-state index < -0.39 is 0 Å². The number of aromatic amines is 1. The van der Waals surface area contributed by atoms with Gasteiger partial charge in [0.05, 0.1) is 24.1 Å². The van der Waals surface area contributed by atoms with Crippen LogP contribution in [-0.4, -0.2) is 27.5 Å². The fraction of sp³-hybridized carbons (Fsp3) is 0.0526. The molecule has 0 saturated carbocycles. The van der Waals surface area contributed by atoms with Gasteiger partial charge in [-0.1, -0.05) is 24.3 Å². The highest BCUT2D eigenvalue weighted by Gasteiger charge is 2.19. The van der Waals surface area contributed by atoms with Crippen molar-refractivity contribution in [3.63, 3.8) is 0 Å². The highest BCUT2D eigenvalue weighted by atomic mass is 16.5. The van der Waals surface area contributed by atoms with Crippen molar-refractivity contribution in [1.82, 2.24) is 20.4 Å². The van der Waals surface area contributed by atoms with E-state index in [2.05, 4.69) is 26.5 Å². The summed E-state index contributed by atoms with van der Waals surface area (Å²) in [6, 6.07) is 16.9. The van der Waals surface area contributed by atoms with Gasteiger partial charge in [0, 0.05) is 11.1 Å². The molecule has 4 rings (SSSR count). The van der Waals surface area contributed by atoms with Gasteiger partial charge in [-0.25, -0.2) is 0 Å². The van der Waals surface area contributed by atoms with Crippen molar-refractivity contribution in [2.24, 2.45) is 0 Å². The first-order chi connectivity index (χ1) is 12.7. The minimum absolute atomic E-state index is 0.350.